The molecule has 14 heavy (non-hydrogen) atoms. The highest BCUT2D eigenvalue weighted by Crippen LogP contribution is 2.11. The van der Waals surface area contributed by atoms with Crippen LogP contribution < -0.4 is 4.90 Å². The van der Waals surface area contributed by atoms with E-state index in [9.17, 15) is 4.79 Å². The fourth-order valence-corrected chi connectivity index (χ4v) is 1.13. The van der Waals surface area contributed by atoms with Crippen molar-refractivity contribution in [3.05, 3.63) is 23.9 Å². The Morgan fingerprint density at radius 3 is 2.36 bits per heavy atom. The second-order valence-corrected chi connectivity index (χ2v) is 3.82. The van der Waals surface area contributed by atoms with Crippen LogP contribution in [0.1, 0.15) is 24.2 Å². The van der Waals surface area contributed by atoms with E-state index in [-0.39, 0.29) is 11.7 Å². The van der Waals surface area contributed by atoms with Crippen LogP contribution in [0.5, 0.6) is 0 Å². The third-order valence-electron chi connectivity index (χ3n) is 2.01. The predicted molar refractivity (Wildman–Crippen MR) is 57.7 cm³/mol. The summed E-state index contributed by atoms with van der Waals surface area (Å²) in [4.78, 5) is 17.7. The maximum atomic E-state index is 11.6. The minimum atomic E-state index is 0.0296. The Morgan fingerprint density at radius 1 is 1.36 bits per heavy atom. The van der Waals surface area contributed by atoms with E-state index in [2.05, 4.69) is 4.98 Å². The summed E-state index contributed by atoms with van der Waals surface area (Å²) < 4.78 is 0. The van der Waals surface area contributed by atoms with Gasteiger partial charge < -0.3 is 4.90 Å². The predicted octanol–water partition coefficient (Wildman–Crippen LogP) is 1.99. The van der Waals surface area contributed by atoms with Crippen molar-refractivity contribution in [1.82, 2.24) is 4.98 Å². The Hall–Kier alpha value is -1.38. The Bertz CT molecular complexity index is 315. The van der Waals surface area contributed by atoms with Crippen LogP contribution in [0, 0.1) is 5.92 Å². The topological polar surface area (TPSA) is 33.2 Å². The van der Waals surface area contributed by atoms with Crippen LogP contribution in [0.3, 0.4) is 0 Å². The number of carbonyl (C=O) groups is 1. The summed E-state index contributed by atoms with van der Waals surface area (Å²) in [5.74, 6) is 1.04. The van der Waals surface area contributed by atoms with E-state index in [1.807, 2.05) is 45.0 Å². The van der Waals surface area contributed by atoms with E-state index in [4.69, 9.17) is 0 Å². The lowest BCUT2D eigenvalue weighted by molar-refractivity contribution is 0.0939. The largest absolute Gasteiger partial charge is 0.363 e. The molecule has 0 aromatic carbocycles. The van der Waals surface area contributed by atoms with Crippen molar-refractivity contribution < 1.29 is 4.79 Å². The summed E-state index contributed by atoms with van der Waals surface area (Å²) in [7, 11) is 3.85. The zero-order valence-corrected chi connectivity index (χ0v) is 9.11. The van der Waals surface area contributed by atoms with Gasteiger partial charge in [0, 0.05) is 31.8 Å². The number of aromatic nitrogens is 1. The van der Waals surface area contributed by atoms with Crippen LogP contribution in [0.15, 0.2) is 18.3 Å². The van der Waals surface area contributed by atoms with Crippen molar-refractivity contribution in [2.24, 2.45) is 5.92 Å². The monoisotopic (exact) mass is 192 g/mol. The first-order chi connectivity index (χ1) is 6.52. The van der Waals surface area contributed by atoms with Gasteiger partial charge >= 0.3 is 0 Å². The molecule has 0 saturated carbocycles. The zero-order chi connectivity index (χ0) is 10.7. The standard InChI is InChI=1S/C11H16N2O/c1-8(2)11(14)9-5-6-10(12-7-9)13(3)4/h5-8H,1-4H3. The maximum Gasteiger partial charge on any atom is 0.166 e. The average Bonchev–Trinajstić information content (AvgIpc) is 2.16. The number of nitrogens with zero attached hydrogens (tertiary/aromatic N) is 2. The lowest BCUT2D eigenvalue weighted by atomic mass is 10.0. The van der Waals surface area contributed by atoms with Gasteiger partial charge in [0.25, 0.3) is 0 Å². The smallest absolute Gasteiger partial charge is 0.166 e. The second-order valence-electron chi connectivity index (χ2n) is 3.82. The Balaban J connectivity index is 2.89. The highest BCUT2D eigenvalue weighted by molar-refractivity contribution is 5.97. The summed E-state index contributed by atoms with van der Waals surface area (Å²) in [5.41, 5.74) is 0.686. The number of hydrogen-bond donors (Lipinski definition) is 0. The number of ketones is 1. The quantitative estimate of drug-likeness (QED) is 0.687. The normalized spacial score (nSPS) is 10.4. The third-order valence-corrected chi connectivity index (χ3v) is 2.01. The molecule has 3 heteroatoms. The van der Waals surface area contributed by atoms with E-state index in [0.29, 0.717) is 5.56 Å². The van der Waals surface area contributed by atoms with Gasteiger partial charge in [-0.2, -0.15) is 0 Å². The molecule has 0 spiro atoms. The van der Waals surface area contributed by atoms with Crippen molar-refractivity contribution >= 4 is 11.6 Å². The molecular weight excluding hydrogens is 176 g/mol. The molecule has 1 aromatic heterocycles. The van der Waals surface area contributed by atoms with E-state index in [1.54, 1.807) is 6.20 Å². The molecule has 0 saturated heterocycles. The Morgan fingerprint density at radius 2 is 2.00 bits per heavy atom. The van der Waals surface area contributed by atoms with Crippen molar-refractivity contribution in [3.8, 4) is 0 Å². The summed E-state index contributed by atoms with van der Waals surface area (Å²) >= 11 is 0. The van der Waals surface area contributed by atoms with Crippen LogP contribution >= 0.6 is 0 Å². The molecule has 0 atom stereocenters. The van der Waals surface area contributed by atoms with Gasteiger partial charge in [0.1, 0.15) is 5.82 Å². The third kappa shape index (κ3) is 2.31. The summed E-state index contributed by atoms with van der Waals surface area (Å²) in [5, 5.41) is 0. The molecule has 1 aromatic rings. The van der Waals surface area contributed by atoms with Crippen LogP contribution in [-0.4, -0.2) is 24.9 Å². The summed E-state index contributed by atoms with van der Waals surface area (Å²) in [6.45, 7) is 3.78. The molecule has 0 aliphatic carbocycles. The van der Waals surface area contributed by atoms with Crippen molar-refractivity contribution in [2.45, 2.75) is 13.8 Å². The van der Waals surface area contributed by atoms with E-state index < -0.39 is 0 Å². The molecule has 1 rings (SSSR count). The highest BCUT2D eigenvalue weighted by Gasteiger charge is 2.10. The first kappa shape index (κ1) is 10.7. The van der Waals surface area contributed by atoms with Crippen LogP contribution in [-0.2, 0) is 0 Å². The summed E-state index contributed by atoms with van der Waals surface area (Å²) in [6.07, 6.45) is 1.64. The Labute approximate surface area is 84.8 Å². The van der Waals surface area contributed by atoms with Gasteiger partial charge in [-0.15, -0.1) is 0 Å². The van der Waals surface area contributed by atoms with Gasteiger partial charge in [-0.05, 0) is 12.1 Å². The van der Waals surface area contributed by atoms with Gasteiger partial charge in [-0.3, -0.25) is 4.79 Å². The van der Waals surface area contributed by atoms with Crippen molar-refractivity contribution in [2.75, 3.05) is 19.0 Å². The van der Waals surface area contributed by atoms with Gasteiger partial charge in [0.15, 0.2) is 5.78 Å². The minimum Gasteiger partial charge on any atom is -0.363 e. The number of hydrogen-bond acceptors (Lipinski definition) is 3. The van der Waals surface area contributed by atoms with Crippen LogP contribution in [0.25, 0.3) is 0 Å². The SMILES string of the molecule is CC(C)C(=O)c1ccc(N(C)C)nc1. The molecule has 0 amide bonds. The molecule has 0 aliphatic rings. The van der Waals surface area contributed by atoms with Gasteiger partial charge in [0.2, 0.25) is 0 Å². The number of anilines is 1. The molecule has 1 heterocycles. The first-order valence-electron chi connectivity index (χ1n) is 4.70. The molecule has 76 valence electrons. The molecule has 0 aliphatic heterocycles. The molecule has 3 nitrogen and oxygen atoms in total. The van der Waals surface area contributed by atoms with E-state index in [1.165, 1.54) is 0 Å². The molecule has 0 bridgehead atoms. The zero-order valence-electron chi connectivity index (χ0n) is 9.11. The van der Waals surface area contributed by atoms with Gasteiger partial charge in [-0.25, -0.2) is 4.98 Å². The highest BCUT2D eigenvalue weighted by atomic mass is 16.1. The Kier molecular flexibility index (Phi) is 3.23. The molecule has 0 unspecified atom stereocenters. The van der Waals surface area contributed by atoms with Crippen molar-refractivity contribution in [3.63, 3.8) is 0 Å². The molecular formula is C11H16N2O. The molecule has 0 radical (unpaired) electrons. The molecule has 0 N–H and O–H groups in total. The molecule has 0 fully saturated rings. The average molecular weight is 192 g/mol. The summed E-state index contributed by atoms with van der Waals surface area (Å²) in [6, 6.07) is 3.68. The maximum absolute atomic E-state index is 11.6. The van der Waals surface area contributed by atoms with Gasteiger partial charge in [0.05, 0.1) is 0 Å². The fourth-order valence-electron chi connectivity index (χ4n) is 1.13. The van der Waals surface area contributed by atoms with Crippen LogP contribution in [0.2, 0.25) is 0 Å². The van der Waals surface area contributed by atoms with Gasteiger partial charge in [-0.1, -0.05) is 13.8 Å². The lowest BCUT2D eigenvalue weighted by Gasteiger charge is -2.11. The number of Topliss-reactive ketones (excluding diaryl/α,β-unsaturated/α-hetero) is 1. The fraction of sp³-hybridized carbons (Fsp3) is 0.455. The number of rotatable bonds is 3. The first-order valence-corrected chi connectivity index (χ1v) is 4.70. The number of pyridine rings is 1. The lowest BCUT2D eigenvalue weighted by Crippen LogP contribution is -2.12. The second kappa shape index (κ2) is 4.22. The van der Waals surface area contributed by atoms with Crippen molar-refractivity contribution in [1.29, 1.82) is 0 Å². The number of carbonyl (C=O) groups excluding carboxylic acids is 1. The van der Waals surface area contributed by atoms with Crippen LogP contribution in [0.4, 0.5) is 5.82 Å². The minimum absolute atomic E-state index is 0.0296. The van der Waals surface area contributed by atoms with E-state index in [0.717, 1.165) is 5.82 Å². The van der Waals surface area contributed by atoms with E-state index >= 15 is 0 Å².